The maximum Gasteiger partial charge on any atom is 0.0669 e. The predicted molar refractivity (Wildman–Crippen MR) is 66.8 cm³/mol. The van der Waals surface area contributed by atoms with Crippen molar-refractivity contribution in [1.82, 2.24) is 4.90 Å². The van der Waals surface area contributed by atoms with E-state index in [4.69, 9.17) is 9.73 Å². The lowest BCUT2D eigenvalue weighted by Gasteiger charge is -2.31. The maximum atomic E-state index is 5.36. The number of morpholine rings is 1. The molecule has 0 bridgehead atoms. The summed E-state index contributed by atoms with van der Waals surface area (Å²) in [5.74, 6) is 0.542. The number of hydrogen-bond acceptors (Lipinski definition) is 3. The standard InChI is InChI=1S/C13H22N2O/c1-10(2)14-13(4)9-12(13)11(3)15-5-7-16-8-6-15/h12H,3,5-9H2,1-2,4H3. The fourth-order valence-corrected chi connectivity index (χ4v) is 2.54. The predicted octanol–water partition coefficient (Wildman–Crippen LogP) is 2.09. The van der Waals surface area contributed by atoms with Gasteiger partial charge in [0.15, 0.2) is 0 Å². The number of hydrogen-bond donors (Lipinski definition) is 0. The van der Waals surface area contributed by atoms with Crippen LogP contribution in [0.15, 0.2) is 17.3 Å². The van der Waals surface area contributed by atoms with Gasteiger partial charge in [0.2, 0.25) is 0 Å². The van der Waals surface area contributed by atoms with E-state index in [9.17, 15) is 0 Å². The Morgan fingerprint density at radius 3 is 2.56 bits per heavy atom. The molecule has 0 aromatic heterocycles. The van der Waals surface area contributed by atoms with Gasteiger partial charge in [-0.2, -0.15) is 0 Å². The van der Waals surface area contributed by atoms with Crippen molar-refractivity contribution in [3.8, 4) is 0 Å². The lowest BCUT2D eigenvalue weighted by atomic mass is 10.1. The molecule has 1 aliphatic heterocycles. The van der Waals surface area contributed by atoms with E-state index in [2.05, 4.69) is 32.3 Å². The molecule has 2 aliphatic rings. The smallest absolute Gasteiger partial charge is 0.0669 e. The molecule has 0 radical (unpaired) electrons. The summed E-state index contributed by atoms with van der Waals surface area (Å²) in [6, 6.07) is 0. The summed E-state index contributed by atoms with van der Waals surface area (Å²) in [5, 5.41) is 0. The molecule has 0 N–H and O–H groups in total. The fourth-order valence-electron chi connectivity index (χ4n) is 2.54. The average molecular weight is 222 g/mol. The summed E-state index contributed by atoms with van der Waals surface area (Å²) in [6.45, 7) is 14.2. The first-order valence-electron chi connectivity index (χ1n) is 6.07. The molecule has 16 heavy (non-hydrogen) atoms. The number of aliphatic imine (C=N–C) groups is 1. The van der Waals surface area contributed by atoms with Gasteiger partial charge in [-0.15, -0.1) is 0 Å². The van der Waals surface area contributed by atoms with Crippen molar-refractivity contribution in [2.45, 2.75) is 32.7 Å². The van der Waals surface area contributed by atoms with Crippen LogP contribution in [-0.4, -0.2) is 42.5 Å². The molecule has 2 fully saturated rings. The second kappa shape index (κ2) is 4.21. The van der Waals surface area contributed by atoms with Crippen LogP contribution in [-0.2, 0) is 4.74 Å². The van der Waals surface area contributed by atoms with E-state index in [1.54, 1.807) is 0 Å². The van der Waals surface area contributed by atoms with E-state index < -0.39 is 0 Å². The molecular weight excluding hydrogens is 200 g/mol. The van der Waals surface area contributed by atoms with Crippen LogP contribution in [0, 0.1) is 5.92 Å². The Kier molecular flexibility index (Phi) is 3.06. The van der Waals surface area contributed by atoms with Gasteiger partial charge in [0, 0.05) is 30.4 Å². The van der Waals surface area contributed by atoms with Crippen molar-refractivity contribution >= 4 is 5.71 Å². The topological polar surface area (TPSA) is 24.8 Å². The zero-order valence-corrected chi connectivity index (χ0v) is 10.6. The Labute approximate surface area is 98.2 Å². The van der Waals surface area contributed by atoms with Gasteiger partial charge < -0.3 is 9.64 Å². The van der Waals surface area contributed by atoms with Crippen LogP contribution in [0.3, 0.4) is 0 Å². The van der Waals surface area contributed by atoms with Crippen molar-refractivity contribution in [2.75, 3.05) is 26.3 Å². The maximum absolute atomic E-state index is 5.36. The molecule has 2 rings (SSSR count). The van der Waals surface area contributed by atoms with Gasteiger partial charge >= 0.3 is 0 Å². The van der Waals surface area contributed by atoms with Crippen LogP contribution in [0.4, 0.5) is 0 Å². The Morgan fingerprint density at radius 1 is 1.38 bits per heavy atom. The van der Waals surface area contributed by atoms with Crippen molar-refractivity contribution in [3.63, 3.8) is 0 Å². The summed E-state index contributed by atoms with van der Waals surface area (Å²) < 4.78 is 5.36. The van der Waals surface area contributed by atoms with Gasteiger partial charge in [-0.1, -0.05) is 6.58 Å². The molecule has 2 unspecified atom stereocenters. The third-order valence-corrected chi connectivity index (χ3v) is 3.51. The Hall–Kier alpha value is -0.830. The molecule has 1 saturated carbocycles. The van der Waals surface area contributed by atoms with Crippen molar-refractivity contribution in [1.29, 1.82) is 0 Å². The first-order valence-corrected chi connectivity index (χ1v) is 6.07. The minimum absolute atomic E-state index is 0.119. The van der Waals surface area contributed by atoms with Crippen LogP contribution in [0.2, 0.25) is 0 Å². The molecule has 2 atom stereocenters. The molecule has 1 aliphatic carbocycles. The zero-order chi connectivity index (χ0) is 11.8. The second-order valence-electron chi connectivity index (χ2n) is 5.26. The third kappa shape index (κ3) is 2.29. The lowest BCUT2D eigenvalue weighted by molar-refractivity contribution is 0.0510. The third-order valence-electron chi connectivity index (χ3n) is 3.51. The Balaban J connectivity index is 1.95. The first kappa shape index (κ1) is 11.6. The monoisotopic (exact) mass is 222 g/mol. The summed E-state index contributed by atoms with van der Waals surface area (Å²) in [5.41, 5.74) is 2.55. The van der Waals surface area contributed by atoms with Gasteiger partial charge in [-0.3, -0.25) is 4.99 Å². The normalized spacial score (nSPS) is 33.4. The molecule has 1 heterocycles. The van der Waals surface area contributed by atoms with Gasteiger partial charge in [-0.05, 0) is 27.2 Å². The van der Waals surface area contributed by atoms with E-state index in [1.165, 1.54) is 11.4 Å². The summed E-state index contributed by atoms with van der Waals surface area (Å²) in [7, 11) is 0. The van der Waals surface area contributed by atoms with Gasteiger partial charge in [0.1, 0.15) is 0 Å². The summed E-state index contributed by atoms with van der Waals surface area (Å²) >= 11 is 0. The highest BCUT2D eigenvalue weighted by Crippen LogP contribution is 2.51. The van der Waals surface area contributed by atoms with Crippen LogP contribution in [0.1, 0.15) is 27.2 Å². The number of nitrogens with zero attached hydrogens (tertiary/aromatic N) is 2. The van der Waals surface area contributed by atoms with Gasteiger partial charge in [0.05, 0.1) is 18.8 Å². The van der Waals surface area contributed by atoms with Crippen LogP contribution in [0.5, 0.6) is 0 Å². The molecule has 3 nitrogen and oxygen atoms in total. The fraction of sp³-hybridized carbons (Fsp3) is 0.769. The van der Waals surface area contributed by atoms with Crippen molar-refractivity contribution in [2.24, 2.45) is 10.9 Å². The van der Waals surface area contributed by atoms with Gasteiger partial charge in [-0.25, -0.2) is 0 Å². The van der Waals surface area contributed by atoms with E-state index in [-0.39, 0.29) is 5.54 Å². The average Bonchev–Trinajstić information content (AvgIpc) is 2.89. The quantitative estimate of drug-likeness (QED) is 0.683. The summed E-state index contributed by atoms with van der Waals surface area (Å²) in [6.07, 6.45) is 1.15. The van der Waals surface area contributed by atoms with Gasteiger partial charge in [0.25, 0.3) is 0 Å². The Bertz CT molecular complexity index is 314. The van der Waals surface area contributed by atoms with Crippen LogP contribution >= 0.6 is 0 Å². The SMILES string of the molecule is C=C(C1CC1(C)N=C(C)C)N1CCOCC1. The number of ether oxygens (including phenoxy) is 1. The molecular formula is C13H22N2O. The molecule has 0 amide bonds. The Morgan fingerprint density at radius 2 is 2.00 bits per heavy atom. The highest BCUT2D eigenvalue weighted by molar-refractivity contribution is 5.79. The van der Waals surface area contributed by atoms with E-state index in [0.717, 1.165) is 32.7 Å². The molecule has 1 saturated heterocycles. The minimum Gasteiger partial charge on any atom is -0.378 e. The molecule has 0 spiro atoms. The van der Waals surface area contributed by atoms with Crippen molar-refractivity contribution < 1.29 is 4.74 Å². The van der Waals surface area contributed by atoms with E-state index >= 15 is 0 Å². The zero-order valence-electron chi connectivity index (χ0n) is 10.6. The molecule has 0 aromatic rings. The van der Waals surface area contributed by atoms with Crippen LogP contribution in [0.25, 0.3) is 0 Å². The molecule has 3 heteroatoms. The van der Waals surface area contributed by atoms with Crippen LogP contribution < -0.4 is 0 Å². The molecule has 0 aromatic carbocycles. The lowest BCUT2D eigenvalue weighted by Crippen LogP contribution is -2.36. The second-order valence-corrected chi connectivity index (χ2v) is 5.26. The molecule has 90 valence electrons. The van der Waals surface area contributed by atoms with Crippen molar-refractivity contribution in [3.05, 3.63) is 12.3 Å². The summed E-state index contributed by atoms with van der Waals surface area (Å²) in [4.78, 5) is 7.08. The number of rotatable bonds is 3. The highest BCUT2D eigenvalue weighted by Gasteiger charge is 2.52. The first-order chi connectivity index (χ1) is 7.53. The largest absolute Gasteiger partial charge is 0.378 e. The minimum atomic E-state index is 0.119. The van der Waals surface area contributed by atoms with E-state index in [1.807, 2.05) is 0 Å². The van der Waals surface area contributed by atoms with E-state index in [0.29, 0.717) is 5.92 Å². The highest BCUT2D eigenvalue weighted by atomic mass is 16.5.